The summed E-state index contributed by atoms with van der Waals surface area (Å²) in [6, 6.07) is 11.1. The normalized spacial score (nSPS) is 9.92. The molecule has 0 saturated carbocycles. The van der Waals surface area contributed by atoms with Crippen LogP contribution in [0, 0.1) is 17.0 Å². The summed E-state index contributed by atoms with van der Waals surface area (Å²) in [6.45, 7) is 1.88. The molecule has 24 heavy (non-hydrogen) atoms. The molecule has 7 nitrogen and oxygen atoms in total. The first kappa shape index (κ1) is 17.4. The van der Waals surface area contributed by atoms with Crippen molar-refractivity contribution in [2.75, 3.05) is 12.4 Å². The number of benzene rings is 2. The van der Waals surface area contributed by atoms with Gasteiger partial charge in [-0.2, -0.15) is 0 Å². The number of rotatable bonds is 4. The highest BCUT2D eigenvalue weighted by Crippen LogP contribution is 2.28. The number of hydrogen-bond acceptors (Lipinski definition) is 5. The maximum absolute atomic E-state index is 12.1. The van der Waals surface area contributed by atoms with E-state index in [9.17, 15) is 14.9 Å². The van der Waals surface area contributed by atoms with E-state index < -0.39 is 4.92 Å². The lowest BCUT2D eigenvalue weighted by molar-refractivity contribution is -0.384. The summed E-state index contributed by atoms with van der Waals surface area (Å²) in [6.07, 6.45) is 0. The van der Waals surface area contributed by atoms with Crippen molar-refractivity contribution in [3.63, 3.8) is 0 Å². The summed E-state index contributed by atoms with van der Waals surface area (Å²) in [5, 5.41) is 16.2. The Morgan fingerprint density at radius 3 is 2.62 bits per heavy atom. The van der Waals surface area contributed by atoms with Crippen LogP contribution in [-0.2, 0) is 0 Å². The van der Waals surface area contributed by atoms with E-state index >= 15 is 0 Å². The summed E-state index contributed by atoms with van der Waals surface area (Å²) in [7, 11) is 1.43. The molecule has 0 bridgehead atoms. The molecule has 0 fully saturated rings. The van der Waals surface area contributed by atoms with Crippen molar-refractivity contribution in [2.24, 2.45) is 0 Å². The van der Waals surface area contributed by atoms with E-state index in [1.54, 1.807) is 18.2 Å². The monoisotopic (exact) mass is 345 g/mol. The van der Waals surface area contributed by atoms with Crippen molar-refractivity contribution in [1.29, 1.82) is 0 Å². The van der Waals surface area contributed by atoms with Gasteiger partial charge in [0, 0.05) is 17.7 Å². The molecule has 2 aromatic carbocycles. The Bertz CT molecular complexity index is 808. The first-order chi connectivity index (χ1) is 11.4. The average Bonchev–Trinajstić information content (AvgIpc) is 2.54. The molecule has 0 aromatic heterocycles. The van der Waals surface area contributed by atoms with Crippen LogP contribution in [0.3, 0.4) is 0 Å². The molecular formula is C16H15N3O4S. The molecule has 0 radical (unpaired) electrons. The van der Waals surface area contributed by atoms with Crippen LogP contribution in [0.5, 0.6) is 5.75 Å². The van der Waals surface area contributed by atoms with Gasteiger partial charge in [-0.1, -0.05) is 17.7 Å². The molecule has 0 heterocycles. The zero-order chi connectivity index (χ0) is 17.7. The van der Waals surface area contributed by atoms with Crippen LogP contribution in [0.25, 0.3) is 0 Å². The van der Waals surface area contributed by atoms with Gasteiger partial charge in [0.2, 0.25) is 0 Å². The second kappa shape index (κ2) is 7.51. The smallest absolute Gasteiger partial charge is 0.271 e. The molecule has 0 spiro atoms. The van der Waals surface area contributed by atoms with Crippen LogP contribution in [0.2, 0.25) is 0 Å². The van der Waals surface area contributed by atoms with Gasteiger partial charge in [-0.15, -0.1) is 0 Å². The van der Waals surface area contributed by atoms with E-state index in [0.29, 0.717) is 17.0 Å². The number of nitrogens with one attached hydrogen (secondary N) is 2. The predicted molar refractivity (Wildman–Crippen MR) is 94.5 cm³/mol. The maximum Gasteiger partial charge on any atom is 0.271 e. The van der Waals surface area contributed by atoms with E-state index in [0.717, 1.165) is 5.56 Å². The Kier molecular flexibility index (Phi) is 5.43. The Balaban J connectivity index is 2.13. The summed E-state index contributed by atoms with van der Waals surface area (Å²) in [5.41, 5.74) is 1.58. The highest BCUT2D eigenvalue weighted by atomic mass is 32.1. The zero-order valence-electron chi connectivity index (χ0n) is 13.0. The number of non-ortho nitro benzene ring substituents is 1. The largest absolute Gasteiger partial charge is 0.495 e. The topological polar surface area (TPSA) is 93.5 Å². The summed E-state index contributed by atoms with van der Waals surface area (Å²) in [5.74, 6) is -0.00616. The van der Waals surface area contributed by atoms with E-state index in [1.807, 2.05) is 13.0 Å². The van der Waals surface area contributed by atoms with Gasteiger partial charge < -0.3 is 10.1 Å². The van der Waals surface area contributed by atoms with Gasteiger partial charge >= 0.3 is 0 Å². The first-order valence-electron chi connectivity index (χ1n) is 6.92. The van der Waals surface area contributed by atoms with Crippen LogP contribution in [0.15, 0.2) is 42.5 Å². The number of amides is 1. The Morgan fingerprint density at radius 1 is 1.25 bits per heavy atom. The first-order valence-corrected chi connectivity index (χ1v) is 7.33. The third-order valence-electron chi connectivity index (χ3n) is 3.15. The van der Waals surface area contributed by atoms with Crippen LogP contribution in [0.1, 0.15) is 15.9 Å². The SMILES string of the molecule is COc1ccc([N+](=O)[O-])cc1NC(=S)NC(=O)c1cccc(C)c1. The van der Waals surface area contributed by atoms with Crippen molar-refractivity contribution >= 4 is 34.6 Å². The van der Waals surface area contributed by atoms with Gasteiger partial charge in [0.15, 0.2) is 5.11 Å². The molecule has 2 aromatic rings. The number of thiocarbonyl (C=S) groups is 1. The number of hydrogen-bond donors (Lipinski definition) is 2. The summed E-state index contributed by atoms with van der Waals surface area (Å²) < 4.78 is 5.13. The van der Waals surface area contributed by atoms with E-state index in [-0.39, 0.29) is 16.7 Å². The molecular weight excluding hydrogens is 330 g/mol. The average molecular weight is 345 g/mol. The van der Waals surface area contributed by atoms with Gasteiger partial charge in [-0.05, 0) is 37.3 Å². The molecule has 0 aliphatic heterocycles. The van der Waals surface area contributed by atoms with Crippen molar-refractivity contribution < 1.29 is 14.5 Å². The number of carbonyl (C=O) groups is 1. The number of methoxy groups -OCH3 is 1. The minimum absolute atomic E-state index is 0.0142. The molecule has 1 amide bonds. The van der Waals surface area contributed by atoms with Gasteiger partial charge in [0.05, 0.1) is 17.7 Å². The van der Waals surface area contributed by atoms with Crippen molar-refractivity contribution in [1.82, 2.24) is 5.32 Å². The lowest BCUT2D eigenvalue weighted by atomic mass is 10.1. The number of nitro benzene ring substituents is 1. The standard InChI is InChI=1S/C16H15N3O4S/c1-10-4-3-5-11(8-10)15(20)18-16(24)17-13-9-12(19(21)22)6-7-14(13)23-2/h3-9H,1-2H3,(H2,17,18,20,24). The van der Waals surface area contributed by atoms with Gasteiger partial charge in [0.1, 0.15) is 5.75 Å². The lowest BCUT2D eigenvalue weighted by Crippen LogP contribution is -2.34. The summed E-state index contributed by atoms with van der Waals surface area (Å²) >= 11 is 5.09. The fraction of sp³-hybridized carbons (Fsp3) is 0.125. The third kappa shape index (κ3) is 4.26. The van der Waals surface area contributed by atoms with Crippen LogP contribution in [0.4, 0.5) is 11.4 Å². The van der Waals surface area contributed by atoms with E-state index in [1.165, 1.54) is 25.3 Å². The molecule has 124 valence electrons. The second-order valence-corrected chi connectivity index (χ2v) is 5.33. The maximum atomic E-state index is 12.1. The molecule has 2 N–H and O–H groups in total. The second-order valence-electron chi connectivity index (χ2n) is 4.92. The van der Waals surface area contributed by atoms with Gasteiger partial charge in [-0.25, -0.2) is 0 Å². The fourth-order valence-corrected chi connectivity index (χ4v) is 2.23. The van der Waals surface area contributed by atoms with Gasteiger partial charge in [-0.3, -0.25) is 20.2 Å². The molecule has 0 unspecified atom stereocenters. The fourth-order valence-electron chi connectivity index (χ4n) is 2.02. The lowest BCUT2D eigenvalue weighted by Gasteiger charge is -2.12. The molecule has 0 atom stereocenters. The van der Waals surface area contributed by atoms with Crippen molar-refractivity contribution in [3.8, 4) is 5.75 Å². The van der Waals surface area contributed by atoms with Crippen molar-refractivity contribution in [2.45, 2.75) is 6.92 Å². The Hall–Kier alpha value is -3.00. The number of nitro groups is 1. The highest BCUT2D eigenvalue weighted by molar-refractivity contribution is 7.80. The summed E-state index contributed by atoms with van der Waals surface area (Å²) in [4.78, 5) is 22.5. The Labute approximate surface area is 143 Å². The minimum Gasteiger partial charge on any atom is -0.495 e. The minimum atomic E-state index is -0.529. The van der Waals surface area contributed by atoms with Crippen LogP contribution in [-0.4, -0.2) is 23.1 Å². The number of ether oxygens (including phenoxy) is 1. The van der Waals surface area contributed by atoms with Crippen LogP contribution < -0.4 is 15.4 Å². The van der Waals surface area contributed by atoms with Gasteiger partial charge in [0.25, 0.3) is 11.6 Å². The molecule has 0 aliphatic carbocycles. The Morgan fingerprint density at radius 2 is 2.00 bits per heavy atom. The van der Waals surface area contributed by atoms with Crippen LogP contribution >= 0.6 is 12.2 Å². The molecule has 2 rings (SSSR count). The number of carbonyl (C=O) groups excluding carboxylic acids is 1. The quantitative estimate of drug-likeness (QED) is 0.502. The number of aryl methyl sites for hydroxylation is 1. The molecule has 0 aliphatic rings. The number of nitrogens with zero attached hydrogens (tertiary/aromatic N) is 1. The third-order valence-corrected chi connectivity index (χ3v) is 3.35. The highest BCUT2D eigenvalue weighted by Gasteiger charge is 2.14. The van der Waals surface area contributed by atoms with E-state index in [4.69, 9.17) is 17.0 Å². The number of anilines is 1. The van der Waals surface area contributed by atoms with Crippen molar-refractivity contribution in [3.05, 3.63) is 63.7 Å². The molecule has 0 saturated heterocycles. The zero-order valence-corrected chi connectivity index (χ0v) is 13.8. The molecule has 8 heteroatoms. The van der Waals surface area contributed by atoms with E-state index in [2.05, 4.69) is 10.6 Å². The predicted octanol–water partition coefficient (Wildman–Crippen LogP) is 3.04.